The van der Waals surface area contributed by atoms with Crippen molar-refractivity contribution < 1.29 is 12.8 Å². The highest BCUT2D eigenvalue weighted by molar-refractivity contribution is 9.10. The number of hydrogen-bond donors (Lipinski definition) is 2. The topological polar surface area (TPSA) is 60.1 Å². The van der Waals surface area contributed by atoms with Gasteiger partial charge in [0.05, 0.1) is 5.56 Å². The summed E-state index contributed by atoms with van der Waals surface area (Å²) in [5, 5.41) is 5.37. The van der Waals surface area contributed by atoms with Crippen LogP contribution in [0.3, 0.4) is 0 Å². The van der Waals surface area contributed by atoms with Crippen LogP contribution < -0.4 is 9.71 Å². The van der Waals surface area contributed by atoms with Crippen LogP contribution in [0.1, 0.15) is 5.56 Å². The van der Waals surface area contributed by atoms with E-state index in [9.17, 15) is 8.42 Å². The van der Waals surface area contributed by atoms with Crippen molar-refractivity contribution in [1.82, 2.24) is 0 Å². The lowest BCUT2D eigenvalue weighted by Crippen LogP contribution is -2.78. The summed E-state index contributed by atoms with van der Waals surface area (Å²) < 4.78 is 29.5. The number of rotatable bonds is 4. The number of hydrogen-bond acceptors (Lipinski definition) is 2. The second-order valence-corrected chi connectivity index (χ2v) is 9.05. The van der Waals surface area contributed by atoms with E-state index in [-0.39, 0.29) is 4.90 Å². The maximum atomic E-state index is 13.0. The van der Waals surface area contributed by atoms with E-state index in [1.165, 1.54) is 0 Å². The lowest BCUT2D eigenvalue weighted by molar-refractivity contribution is -0.266. The maximum Gasteiger partial charge on any atom is 0.328 e. The summed E-state index contributed by atoms with van der Waals surface area (Å²) in [6, 6.07) is 29.7. The molecule has 29 heavy (non-hydrogen) atoms. The van der Waals surface area contributed by atoms with E-state index in [0.717, 1.165) is 26.5 Å². The Morgan fingerprint density at radius 2 is 1.41 bits per heavy atom. The van der Waals surface area contributed by atoms with Crippen molar-refractivity contribution in [3.05, 3.63) is 107 Å². The largest absolute Gasteiger partial charge is 0.328 e. The SMILES string of the molecule is O=S(=O)([NH+]=C(Nc1cccc2ccccc12)c1ccccc1)c1ccc(Br)cc1. The molecule has 0 aromatic heterocycles. The molecule has 4 nitrogen and oxygen atoms in total. The molecule has 4 aromatic rings. The number of nitrogens with one attached hydrogen (secondary N) is 2. The molecule has 6 heteroatoms. The molecule has 0 unspecified atom stereocenters. The molecule has 0 fully saturated rings. The van der Waals surface area contributed by atoms with E-state index in [4.69, 9.17) is 0 Å². The van der Waals surface area contributed by atoms with Gasteiger partial charge in [0.1, 0.15) is 10.6 Å². The maximum absolute atomic E-state index is 13.0. The van der Waals surface area contributed by atoms with Gasteiger partial charge in [-0.3, -0.25) is 0 Å². The normalized spacial score (nSPS) is 12.1. The number of halogens is 1. The molecule has 144 valence electrons. The third kappa shape index (κ3) is 4.39. The highest BCUT2D eigenvalue weighted by Crippen LogP contribution is 2.23. The molecule has 0 saturated carbocycles. The molecule has 0 heterocycles. The van der Waals surface area contributed by atoms with Gasteiger partial charge in [0.15, 0.2) is 0 Å². The quantitative estimate of drug-likeness (QED) is 0.354. The average molecular weight is 466 g/mol. The minimum atomic E-state index is -3.77. The molecule has 0 spiro atoms. The first-order valence-corrected chi connectivity index (χ1v) is 11.3. The molecule has 0 aliphatic rings. The van der Waals surface area contributed by atoms with Crippen LogP contribution in [0.5, 0.6) is 0 Å². The van der Waals surface area contributed by atoms with E-state index in [1.54, 1.807) is 24.3 Å². The Morgan fingerprint density at radius 3 is 2.17 bits per heavy atom. The smallest absolute Gasteiger partial charge is 0.239 e. The van der Waals surface area contributed by atoms with Gasteiger partial charge in [-0.1, -0.05) is 70.5 Å². The first kappa shape index (κ1) is 19.4. The summed E-state index contributed by atoms with van der Waals surface area (Å²) in [7, 11) is -3.77. The van der Waals surface area contributed by atoms with Crippen molar-refractivity contribution in [2.75, 3.05) is 5.32 Å². The molecular formula is C23H18BrN2O2S+. The zero-order chi connectivity index (χ0) is 20.3. The Morgan fingerprint density at radius 1 is 0.759 bits per heavy atom. The molecule has 4 rings (SSSR count). The summed E-state index contributed by atoms with van der Waals surface area (Å²) in [4.78, 5) is 0.189. The van der Waals surface area contributed by atoms with Gasteiger partial charge in [-0.15, -0.1) is 0 Å². The molecule has 0 aliphatic carbocycles. The van der Waals surface area contributed by atoms with Crippen LogP contribution >= 0.6 is 15.9 Å². The van der Waals surface area contributed by atoms with Crippen LogP contribution in [-0.2, 0) is 10.0 Å². The highest BCUT2D eigenvalue weighted by Gasteiger charge is 2.21. The van der Waals surface area contributed by atoms with Gasteiger partial charge in [0, 0.05) is 9.86 Å². The van der Waals surface area contributed by atoms with Crippen LogP contribution in [0.2, 0.25) is 0 Å². The third-order valence-electron chi connectivity index (χ3n) is 4.47. The summed E-state index contributed by atoms with van der Waals surface area (Å²) in [5.41, 5.74) is 1.56. The van der Waals surface area contributed by atoms with Gasteiger partial charge < -0.3 is 0 Å². The van der Waals surface area contributed by atoms with Gasteiger partial charge >= 0.3 is 10.0 Å². The second kappa shape index (κ2) is 8.19. The fourth-order valence-electron chi connectivity index (χ4n) is 3.04. The lowest BCUT2D eigenvalue weighted by Gasteiger charge is -2.07. The predicted octanol–water partition coefficient (Wildman–Crippen LogP) is 3.93. The van der Waals surface area contributed by atoms with Crippen molar-refractivity contribution in [2.45, 2.75) is 4.90 Å². The Balaban J connectivity index is 1.82. The fourth-order valence-corrected chi connectivity index (χ4v) is 4.35. The van der Waals surface area contributed by atoms with Crippen molar-refractivity contribution in [1.29, 1.82) is 0 Å². The third-order valence-corrected chi connectivity index (χ3v) is 6.37. The Labute approximate surface area is 178 Å². The van der Waals surface area contributed by atoms with E-state index < -0.39 is 10.0 Å². The molecule has 2 N–H and O–H groups in total. The standard InChI is InChI=1S/C23H17BrN2O2S/c24-19-13-15-20(16-14-19)29(27,28)26-23(18-8-2-1-3-9-18)25-22-12-6-10-17-7-4-5-11-21(17)22/h1-16H,(H,25,26)/p+1. The molecule has 4 aromatic carbocycles. The minimum Gasteiger partial charge on any atom is -0.239 e. The van der Waals surface area contributed by atoms with E-state index >= 15 is 0 Å². The molecule has 0 amide bonds. The fraction of sp³-hybridized carbons (Fsp3) is 0. The number of benzene rings is 4. The van der Waals surface area contributed by atoms with Crippen molar-refractivity contribution >= 4 is 48.2 Å². The predicted molar refractivity (Wildman–Crippen MR) is 120 cm³/mol. The summed E-state index contributed by atoms with van der Waals surface area (Å²) >= 11 is 3.33. The van der Waals surface area contributed by atoms with Gasteiger partial charge in [-0.2, -0.15) is 12.8 Å². The summed E-state index contributed by atoms with van der Waals surface area (Å²) in [6.45, 7) is 0. The van der Waals surface area contributed by atoms with E-state index in [2.05, 4.69) is 25.6 Å². The Kier molecular flexibility index (Phi) is 5.47. The first-order chi connectivity index (χ1) is 14.0. The van der Waals surface area contributed by atoms with Crippen molar-refractivity contribution in [3.63, 3.8) is 0 Å². The van der Waals surface area contributed by atoms with Gasteiger partial charge in [-0.25, -0.2) is 5.32 Å². The van der Waals surface area contributed by atoms with Gasteiger partial charge in [0.25, 0.3) is 5.84 Å². The molecule has 0 radical (unpaired) electrons. The summed E-state index contributed by atoms with van der Waals surface area (Å²) in [5.74, 6) is 0.393. The van der Waals surface area contributed by atoms with Crippen LogP contribution in [0.4, 0.5) is 5.69 Å². The molecule has 0 bridgehead atoms. The Bertz CT molecular complexity index is 1280. The van der Waals surface area contributed by atoms with E-state index in [1.807, 2.05) is 72.8 Å². The van der Waals surface area contributed by atoms with Crippen LogP contribution in [0.25, 0.3) is 10.8 Å². The molecule has 0 aliphatic heterocycles. The first-order valence-electron chi connectivity index (χ1n) is 8.98. The minimum absolute atomic E-state index is 0.189. The zero-order valence-corrected chi connectivity index (χ0v) is 17.7. The zero-order valence-electron chi connectivity index (χ0n) is 15.3. The van der Waals surface area contributed by atoms with Gasteiger partial charge in [-0.05, 0) is 47.9 Å². The molecule has 0 atom stereocenters. The van der Waals surface area contributed by atoms with Crippen molar-refractivity contribution in [3.8, 4) is 0 Å². The molecular weight excluding hydrogens is 448 g/mol. The monoisotopic (exact) mass is 465 g/mol. The highest BCUT2D eigenvalue weighted by atomic mass is 79.9. The number of sulfonamides is 1. The summed E-state index contributed by atoms with van der Waals surface area (Å²) in [6.07, 6.45) is 0. The van der Waals surface area contributed by atoms with Gasteiger partial charge in [0.2, 0.25) is 0 Å². The Hall–Kier alpha value is -2.96. The van der Waals surface area contributed by atoms with Crippen LogP contribution in [-0.4, -0.2) is 14.3 Å². The number of anilines is 1. The number of fused-ring (bicyclic) bond motifs is 1. The number of amidine groups is 1. The molecule has 0 saturated heterocycles. The van der Waals surface area contributed by atoms with Crippen LogP contribution in [0.15, 0.2) is 106 Å². The van der Waals surface area contributed by atoms with Crippen LogP contribution in [0, 0.1) is 0 Å². The second-order valence-electron chi connectivity index (χ2n) is 6.45. The lowest BCUT2D eigenvalue weighted by atomic mass is 10.1. The van der Waals surface area contributed by atoms with Crippen molar-refractivity contribution in [2.24, 2.45) is 0 Å². The van der Waals surface area contributed by atoms with E-state index in [0.29, 0.717) is 5.84 Å². The average Bonchev–Trinajstić information content (AvgIpc) is 2.74.